The molecule has 1 amide bonds. The van der Waals surface area contributed by atoms with Gasteiger partial charge in [0.1, 0.15) is 0 Å². The van der Waals surface area contributed by atoms with Gasteiger partial charge in [-0.3, -0.25) is 0 Å². The van der Waals surface area contributed by atoms with Gasteiger partial charge in [-0.15, -0.1) is 0 Å². The van der Waals surface area contributed by atoms with Crippen LogP contribution in [0.3, 0.4) is 0 Å². The number of nitrogens with one attached hydrogen (secondary N) is 1. The van der Waals surface area contributed by atoms with Crippen LogP contribution in [0.15, 0.2) is 24.3 Å². The minimum atomic E-state index is -0.845. The van der Waals surface area contributed by atoms with E-state index in [1.165, 1.54) is 0 Å². The predicted molar refractivity (Wildman–Crippen MR) is 74.7 cm³/mol. The van der Waals surface area contributed by atoms with Gasteiger partial charge in [0.2, 0.25) is 0 Å². The molecule has 0 saturated heterocycles. The lowest BCUT2D eigenvalue weighted by Gasteiger charge is -2.18. The zero-order valence-corrected chi connectivity index (χ0v) is 12.1. The van der Waals surface area contributed by atoms with Crippen LogP contribution in [0.25, 0.3) is 0 Å². The molecule has 0 aliphatic rings. The second kappa shape index (κ2) is 6.57. The number of carbonyl (C=O) groups is 1. The molecule has 19 heavy (non-hydrogen) atoms. The minimum Gasteiger partial charge on any atom is -0.449 e. The largest absolute Gasteiger partial charge is 0.449 e. The Morgan fingerprint density at radius 1 is 1.32 bits per heavy atom. The summed E-state index contributed by atoms with van der Waals surface area (Å²) in [6, 6.07) is 7.49. The molecule has 0 atom stereocenters. The number of aliphatic hydroxyl groups is 1. The number of alkyl carbamates (subject to hydrolysis) is 1. The summed E-state index contributed by atoms with van der Waals surface area (Å²) in [6.07, 6.45) is -0.403. The summed E-state index contributed by atoms with van der Waals surface area (Å²) in [4.78, 5) is 11.4. The van der Waals surface area contributed by atoms with Crippen LogP contribution in [-0.4, -0.2) is 17.8 Å². The highest BCUT2D eigenvalue weighted by Gasteiger charge is 2.15. The number of benzene rings is 1. The van der Waals surface area contributed by atoms with Gasteiger partial charge in [0.25, 0.3) is 0 Å². The molecular formula is C15H23NO3. The van der Waals surface area contributed by atoms with E-state index in [1.807, 2.05) is 38.1 Å². The van der Waals surface area contributed by atoms with Gasteiger partial charge in [-0.2, -0.15) is 0 Å². The SMILES string of the molecule is CC(C)COC(=O)NCc1ccc(C(C)(C)O)cc1. The molecule has 2 N–H and O–H groups in total. The first-order valence-electron chi connectivity index (χ1n) is 6.51. The molecule has 0 aliphatic carbocycles. The number of hydrogen-bond donors (Lipinski definition) is 2. The van der Waals surface area contributed by atoms with Crippen molar-refractivity contribution in [1.29, 1.82) is 0 Å². The van der Waals surface area contributed by atoms with Crippen molar-refractivity contribution in [3.63, 3.8) is 0 Å². The van der Waals surface area contributed by atoms with Gasteiger partial charge in [-0.1, -0.05) is 38.1 Å². The summed E-state index contributed by atoms with van der Waals surface area (Å²) >= 11 is 0. The molecule has 4 nitrogen and oxygen atoms in total. The molecule has 0 fully saturated rings. The van der Waals surface area contributed by atoms with Crippen LogP contribution >= 0.6 is 0 Å². The highest BCUT2D eigenvalue weighted by Crippen LogP contribution is 2.19. The summed E-state index contributed by atoms with van der Waals surface area (Å²) in [5.41, 5.74) is 0.968. The van der Waals surface area contributed by atoms with Crippen molar-refractivity contribution in [2.75, 3.05) is 6.61 Å². The zero-order chi connectivity index (χ0) is 14.5. The number of amides is 1. The Labute approximate surface area is 114 Å². The van der Waals surface area contributed by atoms with Crippen LogP contribution in [0, 0.1) is 5.92 Å². The van der Waals surface area contributed by atoms with Gasteiger partial charge in [-0.25, -0.2) is 4.79 Å². The fourth-order valence-corrected chi connectivity index (χ4v) is 1.50. The highest BCUT2D eigenvalue weighted by molar-refractivity contribution is 5.67. The number of rotatable bonds is 5. The first-order valence-corrected chi connectivity index (χ1v) is 6.51. The molecule has 1 rings (SSSR count). The van der Waals surface area contributed by atoms with Crippen LogP contribution in [0.1, 0.15) is 38.8 Å². The van der Waals surface area contributed by atoms with Crippen molar-refractivity contribution >= 4 is 6.09 Å². The van der Waals surface area contributed by atoms with E-state index in [0.29, 0.717) is 19.1 Å². The van der Waals surface area contributed by atoms with Crippen LogP contribution in [0.4, 0.5) is 4.79 Å². The Kier molecular flexibility index (Phi) is 5.36. The van der Waals surface area contributed by atoms with Crippen LogP contribution in [0.5, 0.6) is 0 Å². The summed E-state index contributed by atoms with van der Waals surface area (Å²) in [5, 5.41) is 12.5. The lowest BCUT2D eigenvalue weighted by molar-refractivity contribution is 0.0785. The summed E-state index contributed by atoms with van der Waals surface area (Å²) in [7, 11) is 0. The van der Waals surface area contributed by atoms with Crippen LogP contribution < -0.4 is 5.32 Å². The standard InChI is InChI=1S/C15H23NO3/c1-11(2)10-19-14(17)16-9-12-5-7-13(8-6-12)15(3,4)18/h5-8,11,18H,9-10H2,1-4H3,(H,16,17). The van der Waals surface area contributed by atoms with Crippen molar-refractivity contribution < 1.29 is 14.6 Å². The fourth-order valence-electron chi connectivity index (χ4n) is 1.50. The van der Waals surface area contributed by atoms with Gasteiger partial charge < -0.3 is 15.2 Å². The quantitative estimate of drug-likeness (QED) is 0.860. The number of carbonyl (C=O) groups excluding carboxylic acids is 1. The smallest absolute Gasteiger partial charge is 0.407 e. The molecule has 0 unspecified atom stereocenters. The minimum absolute atomic E-state index is 0.330. The maximum absolute atomic E-state index is 11.4. The van der Waals surface area contributed by atoms with Gasteiger partial charge in [0, 0.05) is 6.54 Å². The number of ether oxygens (including phenoxy) is 1. The summed E-state index contributed by atoms with van der Waals surface area (Å²) < 4.78 is 5.01. The third-order valence-electron chi connectivity index (χ3n) is 2.64. The van der Waals surface area contributed by atoms with Gasteiger partial charge >= 0.3 is 6.09 Å². The zero-order valence-electron chi connectivity index (χ0n) is 12.1. The molecule has 0 saturated carbocycles. The monoisotopic (exact) mass is 265 g/mol. The Balaban J connectivity index is 2.44. The Morgan fingerprint density at radius 3 is 2.37 bits per heavy atom. The molecule has 4 heteroatoms. The maximum atomic E-state index is 11.4. The van der Waals surface area contributed by atoms with E-state index < -0.39 is 11.7 Å². The Hall–Kier alpha value is -1.55. The fraction of sp³-hybridized carbons (Fsp3) is 0.533. The first-order chi connectivity index (χ1) is 8.79. The van der Waals surface area contributed by atoms with Crippen molar-refractivity contribution in [2.24, 2.45) is 5.92 Å². The van der Waals surface area contributed by atoms with E-state index in [2.05, 4.69) is 5.32 Å². The molecule has 0 spiro atoms. The topological polar surface area (TPSA) is 58.6 Å². The average molecular weight is 265 g/mol. The lowest BCUT2D eigenvalue weighted by Crippen LogP contribution is -2.25. The maximum Gasteiger partial charge on any atom is 0.407 e. The average Bonchev–Trinajstić information content (AvgIpc) is 2.33. The van der Waals surface area contributed by atoms with Crippen LogP contribution in [-0.2, 0) is 16.9 Å². The third kappa shape index (κ3) is 5.75. The normalized spacial score (nSPS) is 11.5. The Morgan fingerprint density at radius 2 is 1.89 bits per heavy atom. The molecule has 0 bridgehead atoms. The van der Waals surface area contributed by atoms with E-state index in [-0.39, 0.29) is 0 Å². The first kappa shape index (κ1) is 15.5. The Bertz CT molecular complexity index is 404. The molecule has 106 valence electrons. The van der Waals surface area contributed by atoms with E-state index in [9.17, 15) is 9.90 Å². The van der Waals surface area contributed by atoms with E-state index >= 15 is 0 Å². The molecule has 1 aromatic carbocycles. The molecule has 0 heterocycles. The van der Waals surface area contributed by atoms with Crippen molar-refractivity contribution in [2.45, 2.75) is 39.8 Å². The van der Waals surface area contributed by atoms with Gasteiger partial charge in [-0.05, 0) is 30.9 Å². The summed E-state index contributed by atoms with van der Waals surface area (Å²) in [6.45, 7) is 8.30. The highest BCUT2D eigenvalue weighted by atomic mass is 16.5. The second-order valence-corrected chi connectivity index (χ2v) is 5.60. The lowest BCUT2D eigenvalue weighted by atomic mass is 9.97. The van der Waals surface area contributed by atoms with Gasteiger partial charge in [0.15, 0.2) is 0 Å². The second-order valence-electron chi connectivity index (χ2n) is 5.60. The summed E-state index contributed by atoms with van der Waals surface area (Å²) in [5.74, 6) is 0.330. The number of hydrogen-bond acceptors (Lipinski definition) is 3. The van der Waals surface area contributed by atoms with E-state index in [0.717, 1.165) is 11.1 Å². The van der Waals surface area contributed by atoms with E-state index in [1.54, 1.807) is 13.8 Å². The molecule has 1 aromatic rings. The molecule has 0 aromatic heterocycles. The molecule has 0 aliphatic heterocycles. The van der Waals surface area contributed by atoms with Gasteiger partial charge in [0.05, 0.1) is 12.2 Å². The molecular weight excluding hydrogens is 242 g/mol. The van der Waals surface area contributed by atoms with E-state index in [4.69, 9.17) is 4.74 Å². The molecule has 0 radical (unpaired) electrons. The predicted octanol–water partition coefficient (Wildman–Crippen LogP) is 2.80. The van der Waals surface area contributed by atoms with Crippen molar-refractivity contribution in [3.8, 4) is 0 Å². The third-order valence-corrected chi connectivity index (χ3v) is 2.64. The van der Waals surface area contributed by atoms with Crippen LogP contribution in [0.2, 0.25) is 0 Å². The van der Waals surface area contributed by atoms with Crippen molar-refractivity contribution in [1.82, 2.24) is 5.32 Å². The van der Waals surface area contributed by atoms with Crippen molar-refractivity contribution in [3.05, 3.63) is 35.4 Å².